The van der Waals surface area contributed by atoms with Gasteiger partial charge in [-0.25, -0.2) is 4.68 Å². The van der Waals surface area contributed by atoms with Crippen molar-refractivity contribution < 1.29 is 4.79 Å². The molecule has 22 heavy (non-hydrogen) atoms. The molecule has 2 heterocycles. The Hall–Kier alpha value is -2.68. The van der Waals surface area contributed by atoms with Gasteiger partial charge < -0.3 is 5.32 Å². The molecular weight excluding hydrogens is 302 g/mol. The lowest BCUT2D eigenvalue weighted by atomic mass is 10.1. The highest BCUT2D eigenvalue weighted by Crippen LogP contribution is 2.20. The van der Waals surface area contributed by atoms with Gasteiger partial charge in [0.2, 0.25) is 11.1 Å². The Labute approximate surface area is 130 Å². The van der Waals surface area contributed by atoms with E-state index >= 15 is 0 Å². The van der Waals surface area contributed by atoms with Crippen molar-refractivity contribution in [2.75, 3.05) is 11.1 Å². The van der Waals surface area contributed by atoms with E-state index in [-0.39, 0.29) is 11.7 Å². The number of nitrogens with zero attached hydrogens (tertiary/aromatic N) is 5. The van der Waals surface area contributed by atoms with Gasteiger partial charge in [-0.05, 0) is 28.6 Å². The van der Waals surface area contributed by atoms with E-state index in [1.165, 1.54) is 16.4 Å². The fourth-order valence-electron chi connectivity index (χ4n) is 1.85. The minimum absolute atomic E-state index is 0.116. The molecule has 0 saturated carbocycles. The minimum Gasteiger partial charge on any atom is -0.325 e. The van der Waals surface area contributed by atoms with Crippen molar-refractivity contribution in [1.82, 2.24) is 30.4 Å². The number of nitrogens with one attached hydrogen (secondary N) is 2. The largest absolute Gasteiger partial charge is 0.325 e. The first-order chi connectivity index (χ1) is 10.7. The molecule has 0 spiro atoms. The number of aryl methyl sites for hydroxylation is 1. The number of anilines is 1. The molecule has 0 bridgehead atoms. The second-order valence-corrected chi connectivity index (χ2v) is 5.42. The molecule has 8 nitrogen and oxygen atoms in total. The summed E-state index contributed by atoms with van der Waals surface area (Å²) in [6, 6.07) is 9.43. The normalized spacial score (nSPS) is 10.6. The molecule has 9 heteroatoms. The second kappa shape index (κ2) is 6.39. The van der Waals surface area contributed by atoms with Crippen molar-refractivity contribution in [3.05, 3.63) is 36.5 Å². The van der Waals surface area contributed by atoms with E-state index in [1.54, 1.807) is 13.2 Å². The average molecular weight is 315 g/mol. The van der Waals surface area contributed by atoms with E-state index < -0.39 is 0 Å². The van der Waals surface area contributed by atoms with Crippen LogP contribution in [0, 0.1) is 0 Å². The van der Waals surface area contributed by atoms with Gasteiger partial charge in [-0.3, -0.25) is 9.89 Å². The maximum absolute atomic E-state index is 12.0. The lowest BCUT2D eigenvalue weighted by Gasteiger charge is -2.06. The van der Waals surface area contributed by atoms with E-state index in [1.807, 2.05) is 30.3 Å². The first kappa shape index (κ1) is 14.3. The number of amides is 1. The summed E-state index contributed by atoms with van der Waals surface area (Å²) >= 11 is 1.28. The average Bonchev–Trinajstić information content (AvgIpc) is 3.17. The van der Waals surface area contributed by atoms with Crippen molar-refractivity contribution >= 4 is 23.4 Å². The van der Waals surface area contributed by atoms with Crippen LogP contribution in [0.25, 0.3) is 11.3 Å². The first-order valence-corrected chi connectivity index (χ1v) is 7.46. The van der Waals surface area contributed by atoms with Crippen LogP contribution >= 0.6 is 11.8 Å². The molecule has 3 rings (SSSR count). The van der Waals surface area contributed by atoms with Crippen molar-refractivity contribution in [3.63, 3.8) is 0 Å². The Morgan fingerprint density at radius 2 is 2.32 bits per heavy atom. The third-order valence-electron chi connectivity index (χ3n) is 2.87. The summed E-state index contributed by atoms with van der Waals surface area (Å²) in [4.78, 5) is 12.0. The Bertz CT molecular complexity index is 768. The Morgan fingerprint density at radius 3 is 3.05 bits per heavy atom. The van der Waals surface area contributed by atoms with Crippen LogP contribution in [0.1, 0.15) is 0 Å². The van der Waals surface area contributed by atoms with Crippen molar-refractivity contribution in [2.45, 2.75) is 5.16 Å². The van der Waals surface area contributed by atoms with E-state index in [9.17, 15) is 4.79 Å². The number of thioether (sulfide) groups is 1. The number of aromatic nitrogens is 6. The van der Waals surface area contributed by atoms with Crippen molar-refractivity contribution in [3.8, 4) is 11.3 Å². The molecule has 0 unspecified atom stereocenters. The number of hydrogen-bond acceptors (Lipinski definition) is 6. The SMILES string of the molecule is Cn1nnnc1SCC(=O)Nc1cccc(-c2ccn[nH]2)c1. The zero-order valence-electron chi connectivity index (χ0n) is 11.7. The van der Waals surface area contributed by atoms with Crippen LogP contribution in [0.4, 0.5) is 5.69 Å². The molecule has 2 aromatic heterocycles. The summed E-state index contributed by atoms with van der Waals surface area (Å²) in [5.41, 5.74) is 2.59. The highest BCUT2D eigenvalue weighted by molar-refractivity contribution is 7.99. The number of H-pyrrole nitrogens is 1. The number of benzene rings is 1. The second-order valence-electron chi connectivity index (χ2n) is 4.47. The van der Waals surface area contributed by atoms with Crippen LogP contribution in [0.15, 0.2) is 41.7 Å². The predicted molar refractivity (Wildman–Crippen MR) is 82.2 cm³/mol. The standard InChI is InChI=1S/C13H13N7OS/c1-20-13(17-18-19-20)22-8-12(21)15-10-4-2-3-9(7-10)11-5-6-14-16-11/h2-7H,8H2,1H3,(H,14,16)(H,15,21). The summed E-state index contributed by atoms with van der Waals surface area (Å²) < 4.78 is 1.52. The predicted octanol–water partition coefficient (Wildman–Crippen LogP) is 1.33. The zero-order chi connectivity index (χ0) is 15.4. The third-order valence-corrected chi connectivity index (χ3v) is 3.88. The smallest absolute Gasteiger partial charge is 0.234 e. The summed E-state index contributed by atoms with van der Waals surface area (Å²) in [5.74, 6) is 0.123. The monoisotopic (exact) mass is 315 g/mol. The minimum atomic E-state index is -0.116. The molecular formula is C13H13N7OS. The van der Waals surface area contributed by atoms with Gasteiger partial charge in [0.15, 0.2) is 0 Å². The molecule has 0 radical (unpaired) electrons. The van der Waals surface area contributed by atoms with Gasteiger partial charge in [0, 0.05) is 24.5 Å². The molecule has 0 fully saturated rings. The van der Waals surface area contributed by atoms with E-state index in [0.29, 0.717) is 5.16 Å². The molecule has 3 aromatic rings. The number of hydrogen-bond donors (Lipinski definition) is 2. The molecule has 112 valence electrons. The van der Waals surface area contributed by atoms with Crippen molar-refractivity contribution in [1.29, 1.82) is 0 Å². The number of rotatable bonds is 5. The van der Waals surface area contributed by atoms with Gasteiger partial charge in [-0.1, -0.05) is 23.9 Å². The molecule has 0 aliphatic carbocycles. The van der Waals surface area contributed by atoms with Gasteiger partial charge in [0.25, 0.3) is 0 Å². The van der Waals surface area contributed by atoms with Gasteiger partial charge in [-0.2, -0.15) is 5.10 Å². The zero-order valence-corrected chi connectivity index (χ0v) is 12.5. The fourth-order valence-corrected chi connectivity index (χ4v) is 2.50. The van der Waals surface area contributed by atoms with Crippen LogP contribution in [-0.4, -0.2) is 42.1 Å². The van der Waals surface area contributed by atoms with E-state index in [0.717, 1.165) is 16.9 Å². The lowest BCUT2D eigenvalue weighted by Crippen LogP contribution is -2.14. The highest BCUT2D eigenvalue weighted by Gasteiger charge is 2.08. The highest BCUT2D eigenvalue weighted by atomic mass is 32.2. The fraction of sp³-hybridized carbons (Fsp3) is 0.154. The maximum atomic E-state index is 12.0. The molecule has 0 aliphatic heterocycles. The summed E-state index contributed by atoms with van der Waals surface area (Å²) in [6.07, 6.45) is 1.69. The molecule has 0 saturated heterocycles. The summed E-state index contributed by atoms with van der Waals surface area (Å²) in [6.45, 7) is 0. The maximum Gasteiger partial charge on any atom is 0.234 e. The Kier molecular flexibility index (Phi) is 4.15. The van der Waals surface area contributed by atoms with Gasteiger partial charge in [-0.15, -0.1) is 5.10 Å². The summed E-state index contributed by atoms with van der Waals surface area (Å²) in [5, 5.41) is 21.3. The molecule has 1 aromatic carbocycles. The number of carbonyl (C=O) groups is 1. The van der Waals surface area contributed by atoms with Gasteiger partial charge >= 0.3 is 0 Å². The van der Waals surface area contributed by atoms with E-state index in [2.05, 4.69) is 31.0 Å². The molecule has 1 amide bonds. The quantitative estimate of drug-likeness (QED) is 0.689. The topological polar surface area (TPSA) is 101 Å². The first-order valence-electron chi connectivity index (χ1n) is 6.47. The van der Waals surface area contributed by atoms with Crippen LogP contribution in [0.2, 0.25) is 0 Å². The molecule has 0 atom stereocenters. The van der Waals surface area contributed by atoms with E-state index in [4.69, 9.17) is 0 Å². The van der Waals surface area contributed by atoms with Crippen LogP contribution in [0.5, 0.6) is 0 Å². The summed E-state index contributed by atoms with van der Waals surface area (Å²) in [7, 11) is 1.73. The Balaban J connectivity index is 1.62. The van der Waals surface area contributed by atoms with Crippen LogP contribution in [0.3, 0.4) is 0 Å². The van der Waals surface area contributed by atoms with Gasteiger partial charge in [0.1, 0.15) is 0 Å². The van der Waals surface area contributed by atoms with Crippen molar-refractivity contribution in [2.24, 2.45) is 7.05 Å². The molecule has 2 N–H and O–H groups in total. The molecule has 0 aliphatic rings. The third kappa shape index (κ3) is 3.31. The van der Waals surface area contributed by atoms with Gasteiger partial charge in [0.05, 0.1) is 11.4 Å². The lowest BCUT2D eigenvalue weighted by molar-refractivity contribution is -0.113. The number of carbonyl (C=O) groups excluding carboxylic acids is 1. The Morgan fingerprint density at radius 1 is 1.41 bits per heavy atom. The van der Waals surface area contributed by atoms with Crippen LogP contribution < -0.4 is 5.32 Å². The number of aromatic amines is 1. The number of tetrazole rings is 1. The van der Waals surface area contributed by atoms with Crippen LogP contribution in [-0.2, 0) is 11.8 Å².